The number of nitrogens with zero attached hydrogens (tertiary/aromatic N) is 2. The largest absolute Gasteiger partial charge is 0.493 e. The average molecular weight is 337 g/mol. The lowest BCUT2D eigenvalue weighted by atomic mass is 10.1. The van der Waals surface area contributed by atoms with E-state index in [4.69, 9.17) is 21.1 Å². The van der Waals surface area contributed by atoms with Crippen LogP contribution in [-0.2, 0) is 13.1 Å². The smallest absolute Gasteiger partial charge is 0.179 e. The van der Waals surface area contributed by atoms with Crippen LogP contribution in [0.25, 0.3) is 0 Å². The number of hydrogen-bond donors (Lipinski definition) is 1. The molecule has 6 heteroatoms. The number of aromatic nitrogens is 1. The molecule has 1 heterocycles. The molecule has 0 radical (unpaired) electrons. The highest BCUT2D eigenvalue weighted by atomic mass is 35.5. The fraction of sp³-hybridized carbons (Fsp3) is 0.353. The van der Waals surface area contributed by atoms with Gasteiger partial charge in [0, 0.05) is 32.0 Å². The predicted molar refractivity (Wildman–Crippen MR) is 90.0 cm³/mol. The number of methoxy groups -OCH3 is 2. The molecule has 0 aliphatic rings. The summed E-state index contributed by atoms with van der Waals surface area (Å²) in [6.07, 6.45) is 3.57. The highest BCUT2D eigenvalue weighted by Gasteiger charge is 2.13. The summed E-state index contributed by atoms with van der Waals surface area (Å²) in [5.41, 5.74) is 2.08. The first-order valence-corrected chi connectivity index (χ1v) is 7.68. The van der Waals surface area contributed by atoms with Crippen molar-refractivity contribution in [2.45, 2.75) is 13.1 Å². The molecule has 1 N–H and O–H groups in total. The molecule has 0 saturated heterocycles. The molecule has 0 bridgehead atoms. The van der Waals surface area contributed by atoms with E-state index in [2.05, 4.69) is 9.88 Å². The molecule has 5 nitrogen and oxygen atoms in total. The number of hydrogen-bond acceptors (Lipinski definition) is 5. The molecule has 0 saturated carbocycles. The summed E-state index contributed by atoms with van der Waals surface area (Å²) >= 11 is 6.25. The van der Waals surface area contributed by atoms with Gasteiger partial charge in [0.05, 0.1) is 25.8 Å². The Labute approximate surface area is 141 Å². The number of benzene rings is 1. The van der Waals surface area contributed by atoms with Crippen LogP contribution in [0.15, 0.2) is 36.7 Å². The Hall–Kier alpha value is -1.82. The minimum Gasteiger partial charge on any atom is -0.493 e. The highest BCUT2D eigenvalue weighted by Crippen LogP contribution is 2.36. The number of pyridine rings is 1. The Morgan fingerprint density at radius 1 is 1.17 bits per heavy atom. The van der Waals surface area contributed by atoms with Crippen molar-refractivity contribution in [3.8, 4) is 11.5 Å². The van der Waals surface area contributed by atoms with Crippen molar-refractivity contribution < 1.29 is 14.6 Å². The van der Waals surface area contributed by atoms with Gasteiger partial charge in [-0.3, -0.25) is 9.88 Å². The quantitative estimate of drug-likeness (QED) is 0.803. The van der Waals surface area contributed by atoms with E-state index >= 15 is 0 Å². The summed E-state index contributed by atoms with van der Waals surface area (Å²) < 4.78 is 10.6. The standard InChI is InChI=1S/C17H21ClN2O3/c1-22-16-9-14(8-15(18)17(16)23-2)12-20(6-7-21)11-13-4-3-5-19-10-13/h3-5,8-10,21H,6-7,11-12H2,1-2H3. The summed E-state index contributed by atoms with van der Waals surface area (Å²) in [7, 11) is 3.14. The third kappa shape index (κ3) is 4.82. The van der Waals surface area contributed by atoms with Gasteiger partial charge in [0.2, 0.25) is 0 Å². The van der Waals surface area contributed by atoms with Gasteiger partial charge in [-0.1, -0.05) is 17.7 Å². The fourth-order valence-electron chi connectivity index (χ4n) is 2.43. The van der Waals surface area contributed by atoms with Crippen molar-refractivity contribution in [3.05, 3.63) is 52.8 Å². The van der Waals surface area contributed by atoms with Gasteiger partial charge in [-0.25, -0.2) is 0 Å². The van der Waals surface area contributed by atoms with Crippen LogP contribution < -0.4 is 9.47 Å². The van der Waals surface area contributed by atoms with E-state index in [1.807, 2.05) is 30.5 Å². The lowest BCUT2D eigenvalue weighted by Gasteiger charge is -2.22. The van der Waals surface area contributed by atoms with Crippen LogP contribution >= 0.6 is 11.6 Å². The van der Waals surface area contributed by atoms with Crippen molar-refractivity contribution >= 4 is 11.6 Å². The van der Waals surface area contributed by atoms with Gasteiger partial charge < -0.3 is 14.6 Å². The molecule has 23 heavy (non-hydrogen) atoms. The molecule has 0 unspecified atom stereocenters. The van der Waals surface area contributed by atoms with Crippen LogP contribution in [0, 0.1) is 0 Å². The van der Waals surface area contributed by atoms with Gasteiger partial charge in [-0.15, -0.1) is 0 Å². The molecule has 124 valence electrons. The van der Waals surface area contributed by atoms with Gasteiger partial charge in [0.25, 0.3) is 0 Å². The number of aliphatic hydroxyl groups is 1. The topological polar surface area (TPSA) is 54.8 Å². The van der Waals surface area contributed by atoms with Crippen molar-refractivity contribution in [2.24, 2.45) is 0 Å². The van der Waals surface area contributed by atoms with Crippen LogP contribution in [0.1, 0.15) is 11.1 Å². The molecular formula is C17H21ClN2O3. The van der Waals surface area contributed by atoms with Crippen LogP contribution in [0.5, 0.6) is 11.5 Å². The summed E-state index contributed by atoms with van der Waals surface area (Å²) in [6.45, 7) is 1.97. The first-order valence-electron chi connectivity index (χ1n) is 7.30. The van der Waals surface area contributed by atoms with Gasteiger partial charge >= 0.3 is 0 Å². The van der Waals surface area contributed by atoms with Crippen molar-refractivity contribution in [3.63, 3.8) is 0 Å². The lowest BCUT2D eigenvalue weighted by Crippen LogP contribution is -2.26. The maximum atomic E-state index is 9.30. The lowest BCUT2D eigenvalue weighted by molar-refractivity contribution is 0.184. The number of rotatable bonds is 8. The van der Waals surface area contributed by atoms with E-state index in [-0.39, 0.29) is 6.61 Å². The van der Waals surface area contributed by atoms with Crippen molar-refractivity contribution in [2.75, 3.05) is 27.4 Å². The molecule has 0 aliphatic heterocycles. The Kier molecular flexibility index (Phi) is 6.65. The SMILES string of the molecule is COc1cc(CN(CCO)Cc2cccnc2)cc(Cl)c1OC. The molecular weight excluding hydrogens is 316 g/mol. The summed E-state index contributed by atoms with van der Waals surface area (Å²) in [5, 5.41) is 9.81. The maximum absolute atomic E-state index is 9.30. The van der Waals surface area contributed by atoms with E-state index in [0.717, 1.165) is 11.1 Å². The molecule has 1 aromatic heterocycles. The van der Waals surface area contributed by atoms with Crippen molar-refractivity contribution in [1.29, 1.82) is 0 Å². The third-order valence-corrected chi connectivity index (χ3v) is 3.73. The van der Waals surface area contributed by atoms with E-state index in [0.29, 0.717) is 36.2 Å². The molecule has 0 atom stereocenters. The Morgan fingerprint density at radius 2 is 1.96 bits per heavy atom. The van der Waals surface area contributed by atoms with Gasteiger partial charge in [-0.2, -0.15) is 0 Å². The Morgan fingerprint density at radius 3 is 2.57 bits per heavy atom. The Balaban J connectivity index is 2.18. The first kappa shape index (κ1) is 17.5. The van der Waals surface area contributed by atoms with Crippen LogP contribution in [0.4, 0.5) is 0 Å². The summed E-state index contributed by atoms with van der Waals surface area (Å²) in [4.78, 5) is 6.24. The maximum Gasteiger partial charge on any atom is 0.179 e. The molecule has 0 fully saturated rings. The summed E-state index contributed by atoms with van der Waals surface area (Å²) in [6, 6.07) is 7.67. The molecule has 0 amide bonds. The monoisotopic (exact) mass is 336 g/mol. The zero-order chi connectivity index (χ0) is 16.7. The van der Waals surface area contributed by atoms with E-state index < -0.39 is 0 Å². The highest BCUT2D eigenvalue weighted by molar-refractivity contribution is 6.32. The van der Waals surface area contributed by atoms with Gasteiger partial charge in [0.1, 0.15) is 0 Å². The number of ether oxygens (including phenoxy) is 2. The van der Waals surface area contributed by atoms with Gasteiger partial charge in [0.15, 0.2) is 11.5 Å². The molecule has 2 aromatic rings. The Bertz CT molecular complexity index is 623. The average Bonchev–Trinajstić information content (AvgIpc) is 2.55. The fourth-order valence-corrected chi connectivity index (χ4v) is 2.74. The third-order valence-electron chi connectivity index (χ3n) is 3.44. The number of halogens is 1. The predicted octanol–water partition coefficient (Wildman–Crippen LogP) is 2.75. The first-order chi connectivity index (χ1) is 11.2. The second-order valence-corrected chi connectivity index (χ2v) is 5.52. The van der Waals surface area contributed by atoms with E-state index in [9.17, 15) is 5.11 Å². The molecule has 0 aliphatic carbocycles. The normalized spacial score (nSPS) is 10.8. The molecule has 2 rings (SSSR count). The molecule has 0 spiro atoms. The van der Waals surface area contributed by atoms with E-state index in [1.165, 1.54) is 0 Å². The van der Waals surface area contributed by atoms with E-state index in [1.54, 1.807) is 20.4 Å². The zero-order valence-corrected chi connectivity index (χ0v) is 14.1. The summed E-state index contributed by atoms with van der Waals surface area (Å²) in [5.74, 6) is 1.12. The molecule has 1 aromatic carbocycles. The van der Waals surface area contributed by atoms with Crippen LogP contribution in [0.3, 0.4) is 0 Å². The second-order valence-electron chi connectivity index (χ2n) is 5.11. The minimum absolute atomic E-state index is 0.0846. The van der Waals surface area contributed by atoms with Gasteiger partial charge in [-0.05, 0) is 29.3 Å². The minimum atomic E-state index is 0.0846. The second kappa shape index (κ2) is 8.72. The van der Waals surface area contributed by atoms with Crippen LogP contribution in [-0.4, -0.2) is 42.4 Å². The zero-order valence-electron chi connectivity index (χ0n) is 13.3. The number of aliphatic hydroxyl groups excluding tert-OH is 1. The van der Waals surface area contributed by atoms with Crippen molar-refractivity contribution in [1.82, 2.24) is 9.88 Å². The van der Waals surface area contributed by atoms with Crippen LogP contribution in [0.2, 0.25) is 5.02 Å².